The van der Waals surface area contributed by atoms with Crippen molar-refractivity contribution in [1.82, 2.24) is 14.7 Å². The van der Waals surface area contributed by atoms with Gasteiger partial charge in [0.15, 0.2) is 0 Å². The predicted octanol–water partition coefficient (Wildman–Crippen LogP) is 4.31. The van der Waals surface area contributed by atoms with Gasteiger partial charge in [-0.05, 0) is 56.6 Å². The zero-order valence-corrected chi connectivity index (χ0v) is 21.0. The van der Waals surface area contributed by atoms with Crippen LogP contribution < -0.4 is 10.1 Å². The van der Waals surface area contributed by atoms with E-state index in [1.165, 1.54) is 29.9 Å². The molecule has 0 unspecified atom stereocenters. The number of likely N-dealkylation sites (N-methyl/N-ethyl adjacent to an activating group) is 1. The Kier molecular flexibility index (Phi) is 8.41. The lowest BCUT2D eigenvalue weighted by Gasteiger charge is -2.27. The van der Waals surface area contributed by atoms with Crippen molar-refractivity contribution in [2.75, 3.05) is 58.7 Å². The number of alkyl halides is 3. The number of halogens is 3. The van der Waals surface area contributed by atoms with Gasteiger partial charge in [-0.25, -0.2) is 0 Å². The first-order chi connectivity index (χ1) is 17.2. The molecule has 2 aromatic rings. The van der Waals surface area contributed by atoms with E-state index in [4.69, 9.17) is 4.74 Å². The summed E-state index contributed by atoms with van der Waals surface area (Å²) >= 11 is 0. The van der Waals surface area contributed by atoms with Gasteiger partial charge in [0.1, 0.15) is 12.4 Å². The van der Waals surface area contributed by atoms with E-state index in [0.29, 0.717) is 19.7 Å². The summed E-state index contributed by atoms with van der Waals surface area (Å²) in [6.07, 6.45) is -1.92. The maximum absolute atomic E-state index is 13.6. The normalized spacial score (nSPS) is 16.3. The summed E-state index contributed by atoms with van der Waals surface area (Å²) in [5, 5.41) is 3.25. The van der Waals surface area contributed by atoms with Crippen molar-refractivity contribution in [2.45, 2.75) is 32.1 Å². The van der Waals surface area contributed by atoms with Crippen LogP contribution in [0.15, 0.2) is 42.5 Å². The highest BCUT2D eigenvalue weighted by Crippen LogP contribution is 2.34. The van der Waals surface area contributed by atoms with E-state index >= 15 is 0 Å². The molecule has 1 fully saturated rings. The fourth-order valence-corrected chi connectivity index (χ4v) is 4.47. The van der Waals surface area contributed by atoms with E-state index in [0.717, 1.165) is 48.6 Å². The van der Waals surface area contributed by atoms with Gasteiger partial charge in [0.2, 0.25) is 5.91 Å². The smallest absolute Gasteiger partial charge is 0.416 e. The van der Waals surface area contributed by atoms with Gasteiger partial charge in [0, 0.05) is 50.5 Å². The number of fused-ring (bicyclic) bond motifs is 1. The number of hydrogen-bond acceptors (Lipinski definition) is 5. The molecular formula is C27H35F3N4O2. The molecule has 1 aliphatic heterocycles. The SMILES string of the molecule is CN(C)CCN(Cc1ccccc1C(F)(F)F)C(=O)CNc1cccc2c1CN(CC1CC1)CCO2. The molecule has 1 heterocycles. The molecule has 0 aromatic heterocycles. The Hall–Kier alpha value is -2.78. The van der Waals surface area contributed by atoms with Gasteiger partial charge in [0.25, 0.3) is 0 Å². The standard InChI is InChI=1S/C27H35F3N4O2/c1-32(2)12-13-34(18-21-6-3-4-7-23(21)27(28,29)30)26(35)16-31-24-8-5-9-25-22(24)19-33(14-15-36-25)17-20-10-11-20/h3-9,20,31H,10-19H2,1-2H3. The summed E-state index contributed by atoms with van der Waals surface area (Å²) in [6, 6.07) is 11.2. The molecule has 196 valence electrons. The molecule has 0 spiro atoms. The van der Waals surface area contributed by atoms with Crippen LogP contribution in [0.3, 0.4) is 0 Å². The summed E-state index contributed by atoms with van der Waals surface area (Å²) in [5.41, 5.74) is 1.23. The van der Waals surface area contributed by atoms with Crippen molar-refractivity contribution >= 4 is 11.6 Å². The lowest BCUT2D eigenvalue weighted by Crippen LogP contribution is -2.39. The summed E-state index contributed by atoms with van der Waals surface area (Å²) in [6.45, 7) is 4.03. The third-order valence-electron chi connectivity index (χ3n) is 6.68. The number of rotatable bonds is 10. The number of nitrogens with zero attached hydrogens (tertiary/aromatic N) is 3. The largest absolute Gasteiger partial charge is 0.492 e. The van der Waals surface area contributed by atoms with Crippen LogP contribution in [0.25, 0.3) is 0 Å². The van der Waals surface area contributed by atoms with Gasteiger partial charge >= 0.3 is 6.18 Å². The second-order valence-corrected chi connectivity index (χ2v) is 9.94. The number of hydrogen-bond donors (Lipinski definition) is 1. The molecule has 2 aromatic carbocycles. The van der Waals surface area contributed by atoms with Crippen molar-refractivity contribution in [1.29, 1.82) is 0 Å². The van der Waals surface area contributed by atoms with Crippen LogP contribution in [0.4, 0.5) is 18.9 Å². The van der Waals surface area contributed by atoms with Gasteiger partial charge < -0.3 is 19.9 Å². The number of benzene rings is 2. The maximum atomic E-state index is 13.6. The lowest BCUT2D eigenvalue weighted by molar-refractivity contribution is -0.139. The average molecular weight is 505 g/mol. The molecule has 1 saturated carbocycles. The average Bonchev–Trinajstić information content (AvgIpc) is 3.66. The molecule has 6 nitrogen and oxygen atoms in total. The minimum absolute atomic E-state index is 0.0132. The Morgan fingerprint density at radius 1 is 1.11 bits per heavy atom. The fourth-order valence-electron chi connectivity index (χ4n) is 4.47. The Morgan fingerprint density at radius 3 is 2.61 bits per heavy atom. The first kappa shape index (κ1) is 26.3. The number of amides is 1. The Morgan fingerprint density at radius 2 is 1.89 bits per heavy atom. The zero-order chi connectivity index (χ0) is 25.7. The van der Waals surface area contributed by atoms with E-state index in [-0.39, 0.29) is 24.6 Å². The highest BCUT2D eigenvalue weighted by atomic mass is 19.4. The first-order valence-corrected chi connectivity index (χ1v) is 12.5. The number of carbonyl (C=O) groups is 1. The molecule has 2 aliphatic rings. The predicted molar refractivity (Wildman–Crippen MR) is 134 cm³/mol. The third kappa shape index (κ3) is 7.13. The molecule has 1 aliphatic carbocycles. The Labute approximate surface area is 211 Å². The maximum Gasteiger partial charge on any atom is 0.416 e. The van der Waals surface area contributed by atoms with Crippen LogP contribution >= 0.6 is 0 Å². The number of anilines is 1. The van der Waals surface area contributed by atoms with Crippen molar-refractivity contribution in [2.24, 2.45) is 5.92 Å². The van der Waals surface area contributed by atoms with Gasteiger partial charge in [-0.2, -0.15) is 13.2 Å². The summed E-state index contributed by atoms with van der Waals surface area (Å²) in [7, 11) is 3.74. The summed E-state index contributed by atoms with van der Waals surface area (Å²) in [5.74, 6) is 1.32. The van der Waals surface area contributed by atoms with Crippen molar-refractivity contribution < 1.29 is 22.7 Å². The van der Waals surface area contributed by atoms with Crippen molar-refractivity contribution in [3.63, 3.8) is 0 Å². The molecule has 9 heteroatoms. The van der Waals surface area contributed by atoms with Crippen LogP contribution in [-0.4, -0.2) is 74.0 Å². The van der Waals surface area contributed by atoms with E-state index in [1.54, 1.807) is 6.07 Å². The van der Waals surface area contributed by atoms with Crippen LogP contribution in [-0.2, 0) is 24.1 Å². The molecule has 1 amide bonds. The molecule has 36 heavy (non-hydrogen) atoms. The zero-order valence-electron chi connectivity index (χ0n) is 21.0. The van der Waals surface area contributed by atoms with Crippen LogP contribution in [0.2, 0.25) is 0 Å². The van der Waals surface area contributed by atoms with E-state index in [9.17, 15) is 18.0 Å². The lowest BCUT2D eigenvalue weighted by atomic mass is 10.1. The fraction of sp³-hybridized carbons (Fsp3) is 0.519. The highest BCUT2D eigenvalue weighted by molar-refractivity contribution is 5.81. The molecular weight excluding hydrogens is 469 g/mol. The first-order valence-electron chi connectivity index (χ1n) is 12.5. The number of nitrogens with one attached hydrogen (secondary N) is 1. The topological polar surface area (TPSA) is 48.0 Å². The molecule has 0 atom stereocenters. The molecule has 0 saturated heterocycles. The van der Waals surface area contributed by atoms with Crippen molar-refractivity contribution in [3.8, 4) is 5.75 Å². The molecule has 0 bridgehead atoms. The van der Waals surface area contributed by atoms with Gasteiger partial charge in [-0.1, -0.05) is 24.3 Å². The highest BCUT2D eigenvalue weighted by Gasteiger charge is 2.33. The van der Waals surface area contributed by atoms with Crippen molar-refractivity contribution in [3.05, 3.63) is 59.2 Å². The van der Waals surface area contributed by atoms with Gasteiger partial charge in [-0.3, -0.25) is 9.69 Å². The Bertz CT molecular complexity index is 1040. The number of ether oxygens (including phenoxy) is 1. The van der Waals surface area contributed by atoms with E-state index in [2.05, 4.69) is 10.2 Å². The quantitative estimate of drug-likeness (QED) is 0.523. The second kappa shape index (κ2) is 11.5. The third-order valence-corrected chi connectivity index (χ3v) is 6.68. The van der Waals surface area contributed by atoms with Gasteiger partial charge in [0.05, 0.1) is 12.1 Å². The van der Waals surface area contributed by atoms with Crippen LogP contribution in [0.1, 0.15) is 29.5 Å². The minimum Gasteiger partial charge on any atom is -0.492 e. The minimum atomic E-state index is -4.47. The van der Waals surface area contributed by atoms with Crippen LogP contribution in [0.5, 0.6) is 5.75 Å². The second-order valence-electron chi connectivity index (χ2n) is 9.94. The van der Waals surface area contributed by atoms with Gasteiger partial charge in [-0.15, -0.1) is 0 Å². The molecule has 1 N–H and O–H groups in total. The monoisotopic (exact) mass is 504 g/mol. The molecule has 0 radical (unpaired) electrons. The van der Waals surface area contributed by atoms with Crippen LogP contribution in [0, 0.1) is 5.92 Å². The van der Waals surface area contributed by atoms with E-state index in [1.807, 2.05) is 37.2 Å². The summed E-state index contributed by atoms with van der Waals surface area (Å²) < 4.78 is 46.6. The Balaban J connectivity index is 1.47. The number of carbonyl (C=O) groups excluding carboxylic acids is 1. The summed E-state index contributed by atoms with van der Waals surface area (Å²) in [4.78, 5) is 19.1. The van der Waals surface area contributed by atoms with E-state index < -0.39 is 11.7 Å². The molecule has 4 rings (SSSR count).